The van der Waals surface area contributed by atoms with E-state index in [0.717, 1.165) is 12.8 Å². The molecule has 1 aliphatic rings. The predicted molar refractivity (Wildman–Crippen MR) is 85.9 cm³/mol. The zero-order valence-electron chi connectivity index (χ0n) is 13.9. The molecule has 138 valence electrons. The van der Waals surface area contributed by atoms with Crippen LogP contribution in [0.15, 0.2) is 0 Å². The van der Waals surface area contributed by atoms with Crippen LogP contribution < -0.4 is 21.3 Å². The third-order valence-corrected chi connectivity index (χ3v) is 4.65. The molecule has 0 aliphatic heterocycles. The highest BCUT2D eigenvalue weighted by molar-refractivity contribution is 7.52. The molecule has 1 rings (SSSR count). The Kier molecular flexibility index (Phi) is 7.34. The first kappa shape index (κ1) is 20.6. The van der Waals surface area contributed by atoms with Crippen LogP contribution in [-0.2, 0) is 18.9 Å². The van der Waals surface area contributed by atoms with Gasteiger partial charge in [-0.05, 0) is 33.6 Å². The third kappa shape index (κ3) is 7.39. The minimum atomic E-state index is -4.44. The lowest BCUT2D eigenvalue weighted by atomic mass is 10.2. The molecule has 0 aromatic carbocycles. The van der Waals surface area contributed by atoms with E-state index in [0.29, 0.717) is 6.04 Å². The molecule has 0 bridgehead atoms. The lowest BCUT2D eigenvalue weighted by molar-refractivity contribution is -0.131. The van der Waals surface area contributed by atoms with Crippen molar-refractivity contribution in [3.05, 3.63) is 0 Å². The Morgan fingerprint density at radius 2 is 1.50 bits per heavy atom. The van der Waals surface area contributed by atoms with Gasteiger partial charge in [-0.1, -0.05) is 0 Å². The average Bonchev–Trinajstić information content (AvgIpc) is 3.27. The Labute approximate surface area is 140 Å². The number of hydrogen-bond acceptors (Lipinski definition) is 5. The van der Waals surface area contributed by atoms with Crippen molar-refractivity contribution in [1.29, 1.82) is 0 Å². The first-order valence-electron chi connectivity index (χ1n) is 7.69. The lowest BCUT2D eigenvalue weighted by Gasteiger charge is -2.21. The van der Waals surface area contributed by atoms with E-state index in [1.165, 1.54) is 20.8 Å². The molecule has 6 N–H and O–H groups in total. The zero-order valence-corrected chi connectivity index (χ0v) is 14.8. The van der Waals surface area contributed by atoms with Gasteiger partial charge in [0.15, 0.2) is 0 Å². The third-order valence-electron chi connectivity index (χ3n) is 3.51. The molecule has 10 nitrogen and oxygen atoms in total. The average molecular weight is 364 g/mol. The highest BCUT2D eigenvalue weighted by atomic mass is 31.2. The molecule has 11 heteroatoms. The monoisotopic (exact) mass is 364 g/mol. The fourth-order valence-corrected chi connectivity index (χ4v) is 2.00. The van der Waals surface area contributed by atoms with E-state index in [1.54, 1.807) is 0 Å². The fraction of sp³-hybridized carbons (Fsp3) is 0.769. The van der Waals surface area contributed by atoms with Crippen molar-refractivity contribution in [3.63, 3.8) is 0 Å². The molecule has 3 amide bonds. The number of rotatable bonds is 9. The Hall–Kier alpha value is -1.48. The smallest absolute Gasteiger partial charge is 0.343 e. The minimum absolute atomic E-state index is 0.123. The van der Waals surface area contributed by atoms with Crippen molar-refractivity contribution < 1.29 is 28.7 Å². The maximum atomic E-state index is 11.9. The maximum Gasteiger partial charge on any atom is 0.347 e. The highest BCUT2D eigenvalue weighted by Crippen LogP contribution is 2.39. The molecule has 24 heavy (non-hydrogen) atoms. The number of amides is 3. The van der Waals surface area contributed by atoms with Gasteiger partial charge in [-0.2, -0.15) is 0 Å². The van der Waals surface area contributed by atoms with Crippen LogP contribution in [0.5, 0.6) is 0 Å². The molecule has 0 aromatic rings. The molecule has 0 radical (unpaired) electrons. The SMILES string of the molecule is C[C@H](NC(=O)CNC1CC1)C(=O)N[C@@H](C)C(=O)N[C@@H](C)P(=O)(O)O. The molecule has 0 aromatic heterocycles. The Morgan fingerprint density at radius 3 is 2.00 bits per heavy atom. The van der Waals surface area contributed by atoms with Crippen LogP contribution in [0.3, 0.4) is 0 Å². The van der Waals surface area contributed by atoms with E-state index in [4.69, 9.17) is 9.79 Å². The van der Waals surface area contributed by atoms with Crippen molar-refractivity contribution in [3.8, 4) is 0 Å². The van der Waals surface area contributed by atoms with E-state index in [1.807, 2.05) is 0 Å². The zero-order chi connectivity index (χ0) is 18.5. The largest absolute Gasteiger partial charge is 0.347 e. The van der Waals surface area contributed by atoms with Gasteiger partial charge >= 0.3 is 7.60 Å². The summed E-state index contributed by atoms with van der Waals surface area (Å²) in [5.74, 6) is -2.97. The summed E-state index contributed by atoms with van der Waals surface area (Å²) in [6.45, 7) is 4.15. The molecule has 0 heterocycles. The topological polar surface area (TPSA) is 157 Å². The van der Waals surface area contributed by atoms with Crippen molar-refractivity contribution >= 4 is 25.3 Å². The molecular weight excluding hydrogens is 339 g/mol. The first-order valence-corrected chi connectivity index (χ1v) is 9.37. The normalized spacial score (nSPS) is 18.2. The number of hydrogen-bond donors (Lipinski definition) is 6. The van der Waals surface area contributed by atoms with Crippen molar-refractivity contribution in [2.24, 2.45) is 0 Å². The molecule has 0 unspecified atom stereocenters. The van der Waals surface area contributed by atoms with Gasteiger partial charge in [0.25, 0.3) is 0 Å². The van der Waals surface area contributed by atoms with E-state index in [-0.39, 0.29) is 12.5 Å². The van der Waals surface area contributed by atoms with E-state index in [2.05, 4.69) is 21.3 Å². The van der Waals surface area contributed by atoms with Crippen LogP contribution in [-0.4, -0.2) is 58.0 Å². The number of carbonyl (C=O) groups excluding carboxylic acids is 3. The quantitative estimate of drug-likeness (QED) is 0.269. The summed E-state index contributed by atoms with van der Waals surface area (Å²) in [5.41, 5.74) is 0. The lowest BCUT2D eigenvalue weighted by Crippen LogP contribution is -2.53. The molecule has 3 atom stereocenters. The van der Waals surface area contributed by atoms with Crippen LogP contribution >= 0.6 is 7.60 Å². The summed E-state index contributed by atoms with van der Waals surface area (Å²) in [5, 5.41) is 10.0. The van der Waals surface area contributed by atoms with Crippen LogP contribution in [0, 0.1) is 0 Å². The number of nitrogens with one attached hydrogen (secondary N) is 4. The molecule has 1 fully saturated rings. The fourth-order valence-electron chi connectivity index (χ4n) is 1.70. The van der Waals surface area contributed by atoms with Crippen LogP contribution in [0.2, 0.25) is 0 Å². The minimum Gasteiger partial charge on any atom is -0.343 e. The summed E-state index contributed by atoms with van der Waals surface area (Å²) >= 11 is 0. The summed E-state index contributed by atoms with van der Waals surface area (Å²) < 4.78 is 11.0. The van der Waals surface area contributed by atoms with Crippen LogP contribution in [0.25, 0.3) is 0 Å². The van der Waals surface area contributed by atoms with Gasteiger partial charge in [0.1, 0.15) is 17.9 Å². The van der Waals surface area contributed by atoms with Gasteiger partial charge < -0.3 is 31.1 Å². The Morgan fingerprint density at radius 1 is 1.00 bits per heavy atom. The second kappa shape index (κ2) is 8.57. The van der Waals surface area contributed by atoms with Gasteiger partial charge in [-0.3, -0.25) is 18.9 Å². The van der Waals surface area contributed by atoms with Gasteiger partial charge in [-0.25, -0.2) is 0 Å². The van der Waals surface area contributed by atoms with Gasteiger partial charge in [0, 0.05) is 6.04 Å². The summed E-state index contributed by atoms with van der Waals surface area (Å²) in [6.07, 6.45) is 2.09. The Bertz CT molecular complexity index is 533. The standard InChI is InChI=1S/C13H25N4O6P/c1-7(15-11(18)6-14-10-4-5-10)12(19)16-8(2)13(20)17-9(3)24(21,22)23/h7-10,14H,4-6H2,1-3H3,(H,15,18)(H,16,19)(H,17,20)(H2,21,22,23)/t7-,8-,9+/m0/s1. The molecule has 1 aliphatic carbocycles. The van der Waals surface area contributed by atoms with Gasteiger partial charge in [0.05, 0.1) is 6.54 Å². The van der Waals surface area contributed by atoms with E-state index < -0.39 is 37.3 Å². The first-order chi connectivity index (χ1) is 11.0. The van der Waals surface area contributed by atoms with Crippen LogP contribution in [0.4, 0.5) is 0 Å². The predicted octanol–water partition coefficient (Wildman–Crippen LogP) is -1.61. The molecule has 1 saturated carbocycles. The van der Waals surface area contributed by atoms with E-state index >= 15 is 0 Å². The number of carbonyl (C=O) groups is 3. The van der Waals surface area contributed by atoms with Crippen molar-refractivity contribution in [2.75, 3.05) is 6.54 Å². The summed E-state index contributed by atoms with van der Waals surface area (Å²) in [7, 11) is -4.44. The van der Waals surface area contributed by atoms with Gasteiger partial charge in [-0.15, -0.1) is 0 Å². The molecular formula is C13H25N4O6P. The Balaban J connectivity index is 2.36. The highest BCUT2D eigenvalue weighted by Gasteiger charge is 2.28. The second-order valence-corrected chi connectivity index (χ2v) is 7.90. The van der Waals surface area contributed by atoms with Gasteiger partial charge in [0.2, 0.25) is 17.7 Å². The summed E-state index contributed by atoms with van der Waals surface area (Å²) in [6, 6.07) is -1.47. The molecule has 0 saturated heterocycles. The summed E-state index contributed by atoms with van der Waals surface area (Å²) in [4.78, 5) is 53.3. The molecule has 0 spiro atoms. The van der Waals surface area contributed by atoms with Crippen LogP contribution in [0.1, 0.15) is 33.6 Å². The second-order valence-electron chi connectivity index (χ2n) is 5.95. The van der Waals surface area contributed by atoms with Crippen molar-refractivity contribution in [2.45, 2.75) is 57.5 Å². The van der Waals surface area contributed by atoms with Crippen molar-refractivity contribution in [1.82, 2.24) is 21.3 Å². The van der Waals surface area contributed by atoms with E-state index in [9.17, 15) is 18.9 Å². The maximum absolute atomic E-state index is 11.9.